The first kappa shape index (κ1) is 25.2. The summed E-state index contributed by atoms with van der Waals surface area (Å²) in [6, 6.07) is 15.0. The van der Waals surface area contributed by atoms with E-state index in [1.165, 1.54) is 19.3 Å². The molecular weight excluding hydrogens is 434 g/mol. The van der Waals surface area contributed by atoms with Gasteiger partial charge in [0.05, 0.1) is 23.1 Å². The van der Waals surface area contributed by atoms with Crippen molar-refractivity contribution in [3.63, 3.8) is 0 Å². The molecule has 6 heteroatoms. The Hall–Kier alpha value is -2.86. The lowest BCUT2D eigenvalue weighted by Crippen LogP contribution is -2.41. The van der Waals surface area contributed by atoms with Gasteiger partial charge in [-0.15, -0.1) is 0 Å². The van der Waals surface area contributed by atoms with Crippen molar-refractivity contribution in [2.45, 2.75) is 78.8 Å². The Morgan fingerprint density at radius 2 is 1.69 bits per heavy atom. The monoisotopic (exact) mass is 475 g/mol. The summed E-state index contributed by atoms with van der Waals surface area (Å²) in [5.41, 5.74) is 6.13. The summed E-state index contributed by atoms with van der Waals surface area (Å²) >= 11 is 0. The standard InChI is InChI=1S/C29H41N5O/c1-20(2)30-17-18-31-24-12-14-25(15-13-24)33-27-19-22(5)11-16-26(27)28(23-9-7-6-8-10-23)32-34(21(3)4)29(33)35/h11-16,19-21,23,30-31H,6-10,17-18H2,1-5H3. The van der Waals surface area contributed by atoms with Gasteiger partial charge in [-0.05, 0) is 69.5 Å². The smallest absolute Gasteiger partial charge is 0.349 e. The zero-order valence-electron chi connectivity index (χ0n) is 22.0. The predicted molar refractivity (Wildman–Crippen MR) is 147 cm³/mol. The molecular formula is C29H41N5O. The van der Waals surface area contributed by atoms with Crippen molar-refractivity contribution >= 4 is 28.8 Å². The van der Waals surface area contributed by atoms with Crippen molar-refractivity contribution in [2.24, 2.45) is 11.0 Å². The van der Waals surface area contributed by atoms with E-state index in [0.29, 0.717) is 12.0 Å². The van der Waals surface area contributed by atoms with Crippen LogP contribution in [0.4, 0.5) is 21.9 Å². The second kappa shape index (κ2) is 11.3. The second-order valence-electron chi connectivity index (χ2n) is 10.5. The van der Waals surface area contributed by atoms with Crippen molar-refractivity contribution in [3.05, 3.63) is 53.6 Å². The number of rotatable bonds is 8. The van der Waals surface area contributed by atoms with Crippen molar-refractivity contribution in [1.29, 1.82) is 0 Å². The Labute approximate surface area is 210 Å². The van der Waals surface area contributed by atoms with Crippen LogP contribution < -0.4 is 15.5 Å². The third-order valence-electron chi connectivity index (χ3n) is 6.89. The molecule has 0 bridgehead atoms. The Morgan fingerprint density at radius 1 is 0.971 bits per heavy atom. The van der Waals surface area contributed by atoms with Gasteiger partial charge >= 0.3 is 6.03 Å². The lowest BCUT2D eigenvalue weighted by Gasteiger charge is -2.29. The molecule has 188 valence electrons. The van der Waals surface area contributed by atoms with Gasteiger partial charge in [0, 0.05) is 36.3 Å². The zero-order valence-corrected chi connectivity index (χ0v) is 22.0. The average Bonchev–Trinajstić information content (AvgIpc) is 2.96. The highest BCUT2D eigenvalue weighted by atomic mass is 16.2. The summed E-state index contributed by atoms with van der Waals surface area (Å²) < 4.78 is 0. The highest BCUT2D eigenvalue weighted by Crippen LogP contribution is 2.38. The number of hydrogen-bond donors (Lipinski definition) is 2. The van der Waals surface area contributed by atoms with Gasteiger partial charge in [-0.25, -0.2) is 9.80 Å². The van der Waals surface area contributed by atoms with E-state index < -0.39 is 0 Å². The maximum absolute atomic E-state index is 14.0. The van der Waals surface area contributed by atoms with Crippen LogP contribution in [-0.2, 0) is 0 Å². The van der Waals surface area contributed by atoms with Gasteiger partial charge in [-0.1, -0.05) is 45.2 Å². The number of fused-ring (bicyclic) bond motifs is 1. The molecule has 0 aromatic heterocycles. The molecule has 6 nitrogen and oxygen atoms in total. The summed E-state index contributed by atoms with van der Waals surface area (Å²) in [5.74, 6) is 0.394. The maximum Gasteiger partial charge on any atom is 0.349 e. The Morgan fingerprint density at radius 3 is 2.34 bits per heavy atom. The number of benzene rings is 2. The molecule has 2 aromatic carbocycles. The van der Waals surface area contributed by atoms with E-state index in [1.807, 2.05) is 30.9 Å². The second-order valence-corrected chi connectivity index (χ2v) is 10.5. The van der Waals surface area contributed by atoms with Gasteiger partial charge in [0.15, 0.2) is 0 Å². The number of carbonyl (C=O) groups is 1. The molecule has 0 spiro atoms. The molecule has 1 fully saturated rings. The first-order chi connectivity index (χ1) is 16.8. The van der Waals surface area contributed by atoms with E-state index in [2.05, 4.69) is 61.7 Å². The van der Waals surface area contributed by atoms with E-state index in [4.69, 9.17) is 5.10 Å². The van der Waals surface area contributed by atoms with Crippen LogP contribution in [0.3, 0.4) is 0 Å². The van der Waals surface area contributed by atoms with Crippen LogP contribution in [0.1, 0.15) is 70.9 Å². The number of amides is 2. The third kappa shape index (κ3) is 5.87. The maximum atomic E-state index is 14.0. The number of hydrogen-bond acceptors (Lipinski definition) is 4. The first-order valence-electron chi connectivity index (χ1n) is 13.3. The van der Waals surface area contributed by atoms with Gasteiger partial charge in [-0.3, -0.25) is 4.90 Å². The lowest BCUT2D eigenvalue weighted by atomic mass is 9.82. The molecule has 1 heterocycles. The average molecular weight is 476 g/mol. The van der Waals surface area contributed by atoms with Crippen molar-refractivity contribution < 1.29 is 4.79 Å². The summed E-state index contributed by atoms with van der Waals surface area (Å²) in [5, 5.41) is 13.6. The number of carbonyl (C=O) groups excluding carboxylic acids is 1. The fourth-order valence-electron chi connectivity index (χ4n) is 5.02. The number of anilines is 3. The summed E-state index contributed by atoms with van der Waals surface area (Å²) in [6.45, 7) is 12.2. The van der Waals surface area contributed by atoms with Crippen LogP contribution in [0, 0.1) is 12.8 Å². The minimum Gasteiger partial charge on any atom is -0.384 e. The first-order valence-corrected chi connectivity index (χ1v) is 13.3. The molecule has 4 rings (SSSR count). The highest BCUT2D eigenvalue weighted by Gasteiger charge is 2.35. The van der Waals surface area contributed by atoms with E-state index in [0.717, 1.165) is 59.8 Å². The summed E-state index contributed by atoms with van der Waals surface area (Å²) in [4.78, 5) is 15.8. The van der Waals surface area contributed by atoms with Crippen LogP contribution in [0.5, 0.6) is 0 Å². The third-order valence-corrected chi connectivity index (χ3v) is 6.89. The van der Waals surface area contributed by atoms with Crippen molar-refractivity contribution in [1.82, 2.24) is 10.3 Å². The minimum absolute atomic E-state index is 0.0339. The predicted octanol–water partition coefficient (Wildman–Crippen LogP) is 6.67. The van der Waals surface area contributed by atoms with Crippen LogP contribution in [0.2, 0.25) is 0 Å². The fourth-order valence-corrected chi connectivity index (χ4v) is 5.02. The van der Waals surface area contributed by atoms with Gasteiger partial charge < -0.3 is 10.6 Å². The highest BCUT2D eigenvalue weighted by molar-refractivity contribution is 6.14. The molecule has 1 saturated carbocycles. The minimum atomic E-state index is -0.0977. The number of nitrogens with one attached hydrogen (secondary N) is 2. The van der Waals surface area contributed by atoms with Gasteiger partial charge in [0.1, 0.15) is 0 Å². The normalized spacial score (nSPS) is 17.0. The summed E-state index contributed by atoms with van der Waals surface area (Å²) in [6.07, 6.45) is 6.02. The van der Waals surface area contributed by atoms with Gasteiger partial charge in [0.25, 0.3) is 0 Å². The van der Waals surface area contributed by atoms with Crippen molar-refractivity contribution in [2.75, 3.05) is 23.3 Å². The number of aryl methyl sites for hydroxylation is 1. The van der Waals surface area contributed by atoms with E-state index >= 15 is 0 Å². The Balaban J connectivity index is 1.69. The van der Waals surface area contributed by atoms with E-state index in [1.54, 1.807) is 5.01 Å². The molecule has 35 heavy (non-hydrogen) atoms. The van der Waals surface area contributed by atoms with Crippen LogP contribution in [0.15, 0.2) is 47.6 Å². The Kier molecular flexibility index (Phi) is 8.11. The van der Waals surface area contributed by atoms with Crippen LogP contribution in [0.25, 0.3) is 0 Å². The largest absolute Gasteiger partial charge is 0.384 e. The number of nitrogens with zero attached hydrogens (tertiary/aromatic N) is 3. The number of hydrazone groups is 1. The lowest BCUT2D eigenvalue weighted by molar-refractivity contribution is 0.195. The topological polar surface area (TPSA) is 60.0 Å². The molecule has 2 amide bonds. The van der Waals surface area contributed by atoms with Crippen LogP contribution in [-0.4, -0.2) is 41.9 Å². The molecule has 0 radical (unpaired) electrons. The molecule has 0 atom stereocenters. The molecule has 2 aliphatic rings. The van der Waals surface area contributed by atoms with Crippen LogP contribution >= 0.6 is 0 Å². The molecule has 2 N–H and O–H groups in total. The molecule has 1 aliphatic carbocycles. The van der Waals surface area contributed by atoms with E-state index in [-0.39, 0.29) is 12.1 Å². The van der Waals surface area contributed by atoms with Crippen molar-refractivity contribution in [3.8, 4) is 0 Å². The van der Waals surface area contributed by atoms with Gasteiger partial charge in [-0.2, -0.15) is 5.10 Å². The van der Waals surface area contributed by atoms with Gasteiger partial charge in [0.2, 0.25) is 0 Å². The van der Waals surface area contributed by atoms with E-state index in [9.17, 15) is 4.79 Å². The quantitative estimate of drug-likeness (QED) is 0.419. The summed E-state index contributed by atoms with van der Waals surface area (Å²) in [7, 11) is 0. The molecule has 2 aromatic rings. The molecule has 1 aliphatic heterocycles. The Bertz CT molecular complexity index is 1040. The molecule has 0 unspecified atom stereocenters. The zero-order chi connectivity index (χ0) is 24.9. The number of urea groups is 1. The SMILES string of the molecule is Cc1ccc2c(c1)N(c1ccc(NCCNC(C)C)cc1)C(=O)N(C(C)C)N=C2C1CCCCC1. The fraction of sp³-hybridized carbons (Fsp3) is 0.517. The molecule has 0 saturated heterocycles.